The molecule has 0 bridgehead atoms. The molecule has 1 aliphatic carbocycles. The lowest BCUT2D eigenvalue weighted by Gasteiger charge is -2.50. The van der Waals surface area contributed by atoms with Crippen molar-refractivity contribution >= 4 is 22.7 Å². The number of benzene rings is 3. The fourth-order valence-corrected chi connectivity index (χ4v) is 7.67. The Morgan fingerprint density at radius 2 is 1.17 bits per heavy atom. The van der Waals surface area contributed by atoms with Gasteiger partial charge in [0.15, 0.2) is 0 Å². The SMILES string of the molecule is Cc1cc(N2c3ccccc3C(C)(C)C2(C)C)cc(N2c3ccccc3C3(C)CCCCC23C)c1. The van der Waals surface area contributed by atoms with Crippen molar-refractivity contribution in [2.24, 2.45) is 0 Å². The fraction of sp³-hybridized carbons (Fsp3) is 0.455. The van der Waals surface area contributed by atoms with Crippen LogP contribution in [-0.4, -0.2) is 11.1 Å². The molecule has 182 valence electrons. The molecular weight excluding hydrogens is 424 g/mol. The van der Waals surface area contributed by atoms with Crippen molar-refractivity contribution in [1.29, 1.82) is 0 Å². The van der Waals surface area contributed by atoms with E-state index < -0.39 is 0 Å². The topological polar surface area (TPSA) is 6.48 Å². The Hall–Kier alpha value is -2.74. The Morgan fingerprint density at radius 3 is 1.86 bits per heavy atom. The van der Waals surface area contributed by atoms with E-state index in [0.717, 1.165) is 0 Å². The van der Waals surface area contributed by atoms with Gasteiger partial charge < -0.3 is 9.80 Å². The Morgan fingerprint density at radius 1 is 0.629 bits per heavy atom. The zero-order valence-corrected chi connectivity index (χ0v) is 22.6. The lowest BCUT2D eigenvalue weighted by Crippen LogP contribution is -2.54. The first-order valence-electron chi connectivity index (χ1n) is 13.4. The van der Waals surface area contributed by atoms with Crippen LogP contribution in [-0.2, 0) is 10.8 Å². The van der Waals surface area contributed by atoms with Crippen LogP contribution in [0.3, 0.4) is 0 Å². The predicted molar refractivity (Wildman–Crippen MR) is 150 cm³/mol. The van der Waals surface area contributed by atoms with E-state index >= 15 is 0 Å². The van der Waals surface area contributed by atoms with E-state index in [1.54, 1.807) is 0 Å². The van der Waals surface area contributed by atoms with E-state index in [4.69, 9.17) is 0 Å². The number of hydrogen-bond acceptors (Lipinski definition) is 2. The van der Waals surface area contributed by atoms with Crippen molar-refractivity contribution in [2.45, 2.75) is 96.1 Å². The van der Waals surface area contributed by atoms with Crippen LogP contribution in [0, 0.1) is 6.92 Å². The first-order chi connectivity index (χ1) is 16.5. The van der Waals surface area contributed by atoms with Crippen LogP contribution in [0.1, 0.15) is 83.9 Å². The second-order valence-corrected chi connectivity index (χ2v) is 12.7. The average molecular weight is 465 g/mol. The van der Waals surface area contributed by atoms with Gasteiger partial charge in [0.2, 0.25) is 0 Å². The first kappa shape index (κ1) is 22.7. The summed E-state index contributed by atoms with van der Waals surface area (Å²) >= 11 is 0. The standard InChI is InChI=1S/C33H40N2/c1-23-20-24(34-28-16-10-8-14-26(28)30(2,3)31(34,4)5)22-25(21-23)35-29-17-11-9-15-27(29)32(6)18-12-13-19-33(32,35)7/h8-11,14-17,20-22H,12-13,18-19H2,1-7H3. The molecule has 2 aliphatic heterocycles. The van der Waals surface area contributed by atoms with Gasteiger partial charge in [-0.2, -0.15) is 0 Å². The van der Waals surface area contributed by atoms with E-state index in [9.17, 15) is 0 Å². The van der Waals surface area contributed by atoms with Crippen molar-refractivity contribution < 1.29 is 0 Å². The van der Waals surface area contributed by atoms with Crippen LogP contribution in [0.2, 0.25) is 0 Å². The number of anilines is 4. The molecule has 1 saturated carbocycles. The number of hydrogen-bond donors (Lipinski definition) is 0. The molecule has 2 unspecified atom stereocenters. The molecule has 6 rings (SSSR count). The van der Waals surface area contributed by atoms with Gasteiger partial charge in [0.1, 0.15) is 0 Å². The summed E-state index contributed by atoms with van der Waals surface area (Å²) in [6.07, 6.45) is 5.11. The first-order valence-corrected chi connectivity index (χ1v) is 13.4. The quantitative estimate of drug-likeness (QED) is 0.373. The highest BCUT2D eigenvalue weighted by Crippen LogP contribution is 2.61. The average Bonchev–Trinajstić information content (AvgIpc) is 3.12. The number of para-hydroxylation sites is 2. The van der Waals surface area contributed by atoms with E-state index in [-0.39, 0.29) is 21.9 Å². The maximum Gasteiger partial charge on any atom is 0.0517 e. The zero-order valence-electron chi connectivity index (χ0n) is 22.6. The van der Waals surface area contributed by atoms with Gasteiger partial charge >= 0.3 is 0 Å². The molecule has 3 aliphatic rings. The molecule has 35 heavy (non-hydrogen) atoms. The molecule has 2 heterocycles. The molecule has 0 N–H and O–H groups in total. The normalized spacial score (nSPS) is 28.0. The molecule has 2 atom stereocenters. The highest BCUT2D eigenvalue weighted by atomic mass is 15.3. The maximum absolute atomic E-state index is 2.71. The third-order valence-corrected chi connectivity index (χ3v) is 10.5. The van der Waals surface area contributed by atoms with Gasteiger partial charge in [0.25, 0.3) is 0 Å². The van der Waals surface area contributed by atoms with Gasteiger partial charge in [-0.15, -0.1) is 0 Å². The summed E-state index contributed by atoms with van der Waals surface area (Å²) in [6.45, 7) is 16.9. The van der Waals surface area contributed by atoms with Crippen LogP contribution >= 0.6 is 0 Å². The minimum absolute atomic E-state index is 0.0433. The van der Waals surface area contributed by atoms with Crippen LogP contribution in [0.15, 0.2) is 66.7 Å². The summed E-state index contributed by atoms with van der Waals surface area (Å²) in [5.74, 6) is 0. The molecule has 0 saturated heterocycles. The van der Waals surface area contributed by atoms with E-state index in [1.165, 1.54) is 65.1 Å². The van der Waals surface area contributed by atoms with Crippen LogP contribution in [0.4, 0.5) is 22.7 Å². The Kier molecular flexibility index (Phi) is 4.64. The molecule has 2 heteroatoms. The molecule has 3 aromatic rings. The minimum atomic E-state index is -0.0477. The molecule has 0 aromatic heterocycles. The van der Waals surface area contributed by atoms with Crippen molar-refractivity contribution in [3.63, 3.8) is 0 Å². The number of rotatable bonds is 2. The molecule has 2 nitrogen and oxygen atoms in total. The fourth-order valence-electron chi connectivity index (χ4n) is 7.67. The lowest BCUT2D eigenvalue weighted by atomic mass is 9.61. The monoisotopic (exact) mass is 464 g/mol. The van der Waals surface area contributed by atoms with Crippen molar-refractivity contribution in [3.8, 4) is 0 Å². The smallest absolute Gasteiger partial charge is 0.0517 e. The summed E-state index contributed by atoms with van der Waals surface area (Å²) in [7, 11) is 0. The second-order valence-electron chi connectivity index (χ2n) is 12.7. The third-order valence-electron chi connectivity index (χ3n) is 10.5. The zero-order chi connectivity index (χ0) is 24.8. The Labute approximate surface area is 212 Å². The maximum atomic E-state index is 2.71. The van der Waals surface area contributed by atoms with Gasteiger partial charge in [0.05, 0.1) is 5.54 Å². The molecule has 3 aromatic carbocycles. The number of nitrogens with zero attached hydrogens (tertiary/aromatic N) is 2. The molecule has 1 fully saturated rings. The van der Waals surface area contributed by atoms with E-state index in [1.807, 2.05) is 0 Å². The second kappa shape index (κ2) is 7.15. The molecule has 0 spiro atoms. The summed E-state index contributed by atoms with van der Waals surface area (Å²) in [4.78, 5) is 5.31. The Bertz CT molecular complexity index is 1320. The van der Waals surface area contributed by atoms with Crippen molar-refractivity contribution in [1.82, 2.24) is 0 Å². The van der Waals surface area contributed by atoms with Crippen molar-refractivity contribution in [2.75, 3.05) is 9.80 Å². The summed E-state index contributed by atoms with van der Waals surface area (Å²) < 4.78 is 0. The van der Waals surface area contributed by atoms with Crippen LogP contribution in [0.5, 0.6) is 0 Å². The Balaban J connectivity index is 1.55. The highest BCUT2D eigenvalue weighted by Gasteiger charge is 2.57. The van der Waals surface area contributed by atoms with Gasteiger partial charge in [0, 0.05) is 39.1 Å². The summed E-state index contributed by atoms with van der Waals surface area (Å²) in [5, 5.41) is 0. The number of aryl methyl sites for hydroxylation is 1. The van der Waals surface area contributed by atoms with Crippen LogP contribution < -0.4 is 9.80 Å². The predicted octanol–water partition coefficient (Wildman–Crippen LogP) is 8.95. The largest absolute Gasteiger partial charge is 0.335 e. The minimum Gasteiger partial charge on any atom is -0.335 e. The molecule has 0 amide bonds. The van der Waals surface area contributed by atoms with E-state index in [2.05, 4.69) is 125 Å². The van der Waals surface area contributed by atoms with Gasteiger partial charge in [-0.05, 0) is 87.6 Å². The van der Waals surface area contributed by atoms with Gasteiger partial charge in [-0.1, -0.05) is 70.0 Å². The third kappa shape index (κ3) is 2.77. The summed E-state index contributed by atoms with van der Waals surface area (Å²) in [6, 6.07) is 25.4. The van der Waals surface area contributed by atoms with Crippen LogP contribution in [0.25, 0.3) is 0 Å². The summed E-state index contributed by atoms with van der Waals surface area (Å²) in [5.41, 5.74) is 9.91. The molecular formula is C33H40N2. The van der Waals surface area contributed by atoms with Gasteiger partial charge in [-0.25, -0.2) is 0 Å². The van der Waals surface area contributed by atoms with Crippen molar-refractivity contribution in [3.05, 3.63) is 83.4 Å². The highest BCUT2D eigenvalue weighted by molar-refractivity contribution is 5.82. The lowest BCUT2D eigenvalue weighted by molar-refractivity contribution is 0.195. The van der Waals surface area contributed by atoms with Gasteiger partial charge in [-0.3, -0.25) is 0 Å². The number of fused-ring (bicyclic) bond motifs is 4. The van der Waals surface area contributed by atoms with E-state index in [0.29, 0.717) is 0 Å². The molecule has 0 radical (unpaired) electrons.